The predicted molar refractivity (Wildman–Crippen MR) is 600 cm³/mol. The molecule has 0 aliphatic carbocycles. The number of hydrogen-bond acceptors (Lipinski definition) is 0. The van der Waals surface area contributed by atoms with Gasteiger partial charge in [-0.1, -0.05) is 267 Å². The highest BCUT2D eigenvalue weighted by molar-refractivity contribution is 6.69. The van der Waals surface area contributed by atoms with Gasteiger partial charge >= 0.3 is 0 Å². The summed E-state index contributed by atoms with van der Waals surface area (Å²) in [4.78, 5) is 0. The van der Waals surface area contributed by atoms with Gasteiger partial charge in [-0.15, -0.1) is 0 Å². The van der Waals surface area contributed by atoms with E-state index in [4.69, 9.17) is 0 Å². The van der Waals surface area contributed by atoms with Crippen LogP contribution in [0.3, 0.4) is 0 Å². The number of rotatable bonds is 4. The summed E-state index contributed by atoms with van der Waals surface area (Å²) in [6.07, 6.45) is 0. The lowest BCUT2D eigenvalue weighted by Crippen LogP contribution is -2.04. The number of fused-ring (bicyclic) bond motifs is 8. The van der Waals surface area contributed by atoms with E-state index >= 15 is 0 Å². The number of aryl methyl sites for hydroxylation is 2. The van der Waals surface area contributed by atoms with Crippen molar-refractivity contribution in [3.63, 3.8) is 0 Å². The fourth-order valence-corrected chi connectivity index (χ4v) is 33.4. The quantitative estimate of drug-likeness (QED) is 0.122. The molecule has 0 saturated heterocycles. The normalized spacial score (nSPS) is 14.0. The molecule has 42 aromatic rings. The highest BCUT2D eigenvalue weighted by atomic mass is 14.4. The first-order valence-electron chi connectivity index (χ1n) is 49.4. The number of benzene rings is 42. The molecule has 0 N–H and O–H groups in total. The van der Waals surface area contributed by atoms with E-state index in [0.717, 1.165) is 0 Å². The standard InChI is InChI=1S/C138H58/c1-55-23-25-61-27-35-73-93(57-15-7-3-8-16-57)75-37-31-65-49-83-87-53-89-85-51-67-33-42-80-96(60-21-13-6-14-22-60)78-40-30-64-48-82-70-44-46-72-92-56(2)24-26-62-28-36-74-94(58-17-9-4-10-18-58)76-38-32-66-50-84-88-54-90-86-52-68-34-41-79-95(59-19-11-5-12-20-59)77-39-29-63-47-81-69-43-45-71-91(55)97(61)107(73)133-109(75)99(65)127(105(69)115(71)133)119(83)117(81)129-101(63)111(77)135-113(79)103(68)131(125(89)137(135)123(87)129)122(86)121(85)132-104(67)114(80)136-112(78)102(64)130(124(88)138(136)126(90)132)118(82)120(84)128-100(66)110(76)134(108(74)98(62)92)116(72)106(70)128/h3-54H,1-2H3. The zero-order chi connectivity index (χ0) is 87.3. The van der Waals surface area contributed by atoms with Crippen molar-refractivity contribution < 1.29 is 0 Å². The molecule has 0 spiro atoms. The van der Waals surface area contributed by atoms with Gasteiger partial charge in [0.05, 0.1) is 0 Å². The van der Waals surface area contributed by atoms with Gasteiger partial charge in [0.25, 0.3) is 0 Å². The van der Waals surface area contributed by atoms with Crippen LogP contribution < -0.4 is 0 Å². The summed E-state index contributed by atoms with van der Waals surface area (Å²) in [6.45, 7) is 4.75. The summed E-state index contributed by atoms with van der Waals surface area (Å²) in [6, 6.07) is 128. The molecule has 0 heterocycles. The zero-order valence-electron chi connectivity index (χ0n) is 74.0. The molecule has 42 aromatic carbocycles. The Morgan fingerprint density at radius 3 is 0.493 bits per heavy atom. The monoisotopic (exact) mass is 1710 g/mol. The van der Waals surface area contributed by atoms with E-state index in [-0.39, 0.29) is 0 Å². The Morgan fingerprint density at radius 2 is 0.246 bits per heavy atom. The van der Waals surface area contributed by atoms with E-state index in [1.54, 1.807) is 0 Å². The second-order valence-electron chi connectivity index (χ2n) is 42.7. The highest BCUT2D eigenvalue weighted by Gasteiger charge is 2.41. The van der Waals surface area contributed by atoms with Crippen LogP contribution >= 0.6 is 0 Å². The average Bonchev–Trinajstić information content (AvgIpc) is 0.628. The lowest BCUT2D eigenvalue weighted by molar-refractivity contribution is 1.56. The Bertz CT molecular complexity index is 12500. The molecule has 0 fully saturated rings. The van der Waals surface area contributed by atoms with E-state index in [1.807, 2.05) is 0 Å². The van der Waals surface area contributed by atoms with Crippen LogP contribution in [0.1, 0.15) is 11.1 Å². The van der Waals surface area contributed by atoms with Crippen LogP contribution in [0.5, 0.6) is 0 Å². The van der Waals surface area contributed by atoms with E-state index in [2.05, 4.69) is 329 Å². The van der Waals surface area contributed by atoms with Gasteiger partial charge in [-0.3, -0.25) is 0 Å². The van der Waals surface area contributed by atoms with Crippen molar-refractivity contribution in [1.29, 1.82) is 0 Å². The lowest BCUT2D eigenvalue weighted by Gasteiger charge is -2.32. The van der Waals surface area contributed by atoms with Crippen LogP contribution in [-0.4, -0.2) is 0 Å². The highest BCUT2D eigenvalue weighted by Crippen LogP contribution is 2.70. The van der Waals surface area contributed by atoms with Crippen LogP contribution in [0.15, 0.2) is 315 Å². The minimum Gasteiger partial charge on any atom is -0.0622 e. The van der Waals surface area contributed by atoms with Gasteiger partial charge in [0.15, 0.2) is 0 Å². The maximum atomic E-state index is 2.82. The summed E-state index contributed by atoms with van der Waals surface area (Å²) < 4.78 is 0. The van der Waals surface area contributed by atoms with E-state index in [1.165, 1.54) is 454 Å². The molecule has 0 nitrogen and oxygen atoms in total. The summed E-state index contributed by atoms with van der Waals surface area (Å²) in [5, 5.41) is 102. The average molecular weight is 1720 g/mol. The Hall–Kier alpha value is -17.7. The third-order valence-electron chi connectivity index (χ3n) is 37.6. The minimum atomic E-state index is 1.25. The van der Waals surface area contributed by atoms with Gasteiger partial charge in [0, 0.05) is 0 Å². The molecule has 138 heavy (non-hydrogen) atoms. The van der Waals surface area contributed by atoms with Crippen molar-refractivity contribution in [3.8, 4) is 44.5 Å². The summed E-state index contributed by atoms with van der Waals surface area (Å²) in [7, 11) is 0. The molecule has 0 aliphatic rings. The first-order chi connectivity index (χ1) is 68.4. The number of hydrogen-bond donors (Lipinski definition) is 0. The smallest absolute Gasteiger partial charge is 0.0000461 e. The van der Waals surface area contributed by atoms with Gasteiger partial charge in [0.2, 0.25) is 0 Å². The topological polar surface area (TPSA) is 0 Å². The Kier molecular flexibility index (Phi) is 9.72. The Morgan fingerprint density at radius 1 is 0.0942 bits per heavy atom. The van der Waals surface area contributed by atoms with E-state index in [9.17, 15) is 0 Å². The van der Waals surface area contributed by atoms with Crippen molar-refractivity contribution in [3.05, 3.63) is 327 Å². The summed E-state index contributed by atoms with van der Waals surface area (Å²) in [5.41, 5.74) is 13.0. The Labute approximate surface area is 777 Å². The van der Waals surface area contributed by atoms with Gasteiger partial charge in [-0.2, -0.15) is 0 Å². The molecule has 0 amide bonds. The molecule has 0 atom stereocenters. The molecule has 0 radical (unpaired) electrons. The molecule has 0 saturated carbocycles. The van der Waals surface area contributed by atoms with Gasteiger partial charge in [-0.25, -0.2) is 0 Å². The molecule has 0 aromatic heterocycles. The molecule has 0 heteroatoms. The minimum absolute atomic E-state index is 1.25. The second-order valence-corrected chi connectivity index (χ2v) is 42.7. The van der Waals surface area contributed by atoms with Crippen molar-refractivity contribution in [2.45, 2.75) is 13.8 Å². The third kappa shape index (κ3) is 6.25. The van der Waals surface area contributed by atoms with Crippen molar-refractivity contribution in [2.24, 2.45) is 0 Å². The fraction of sp³-hybridized carbons (Fsp3) is 0.0145. The fourth-order valence-electron chi connectivity index (χ4n) is 33.4. The maximum absolute atomic E-state index is 2.82. The van der Waals surface area contributed by atoms with Crippen LogP contribution in [-0.2, 0) is 0 Å². The first-order valence-corrected chi connectivity index (χ1v) is 49.4. The van der Waals surface area contributed by atoms with E-state index < -0.39 is 0 Å². The predicted octanol–water partition coefficient (Wildman–Crippen LogP) is 39.8. The van der Waals surface area contributed by atoms with Crippen LogP contribution in [0.2, 0.25) is 0 Å². The van der Waals surface area contributed by atoms with Gasteiger partial charge in [0.1, 0.15) is 0 Å². The van der Waals surface area contributed by atoms with E-state index in [0.29, 0.717) is 0 Å². The van der Waals surface area contributed by atoms with Gasteiger partial charge in [-0.05, 0) is 517 Å². The third-order valence-corrected chi connectivity index (χ3v) is 37.6. The van der Waals surface area contributed by atoms with Crippen LogP contribution in [0.25, 0.3) is 443 Å². The Balaban J connectivity index is 0.735. The SMILES string of the molecule is Cc1ccc2ccc3c(-c4ccccc4)c4ccc5cc6c7cc8c9cc%10ccc%11c(-c%12ccccc%12)c%12ccc%13cc%14c%15ccc%16c%17c(C)ccc%18ccc%19c(-c%20ccccc%20)c%20ccc%21cc%22c%23cc%24c%25cc%26ccc%27c(-c%28ccccc%28)c%28ccc%29cc%30c%31ccc%32c1c2c3c1c4c5c(c%31c%321)c6c%30c1c%29c%28c2c%27c%26c(c%25c9c3c%10c%11c4c%12c%13c(c%14c%22c5c%21c%20c(c%19c%18%17)c%16c%155)c%23c4c%243)c8c2c71. The largest absolute Gasteiger partial charge is 0.0622 e. The molecule has 0 unspecified atom stereocenters. The van der Waals surface area contributed by atoms with Crippen molar-refractivity contribution >= 4 is 399 Å². The summed E-state index contributed by atoms with van der Waals surface area (Å²) in [5.74, 6) is 0. The summed E-state index contributed by atoms with van der Waals surface area (Å²) >= 11 is 0. The second kappa shape index (κ2) is 20.4. The van der Waals surface area contributed by atoms with Crippen LogP contribution in [0.4, 0.5) is 0 Å². The van der Waals surface area contributed by atoms with Crippen LogP contribution in [0, 0.1) is 13.8 Å². The molecule has 0 aliphatic heterocycles. The zero-order valence-corrected chi connectivity index (χ0v) is 74.0. The van der Waals surface area contributed by atoms with Gasteiger partial charge < -0.3 is 0 Å². The molecular formula is C138H58. The molecule has 0 bridgehead atoms. The maximum Gasteiger partial charge on any atom is -0.0000461 e. The molecule has 42 rings (SSSR count). The van der Waals surface area contributed by atoms with Crippen molar-refractivity contribution in [2.75, 3.05) is 0 Å². The lowest BCUT2D eigenvalue weighted by atomic mass is 9.69. The first kappa shape index (κ1) is 65.8. The molecule has 610 valence electrons. The molecular weight excluding hydrogens is 1660 g/mol. The van der Waals surface area contributed by atoms with Crippen molar-refractivity contribution in [1.82, 2.24) is 0 Å².